The van der Waals surface area contributed by atoms with E-state index in [0.717, 1.165) is 30.3 Å². The van der Waals surface area contributed by atoms with Crippen molar-refractivity contribution in [1.29, 1.82) is 0 Å². The number of carbonyl (C=O) groups excluding carboxylic acids is 1. The molecule has 0 spiro atoms. The van der Waals surface area contributed by atoms with Crippen LogP contribution in [0.1, 0.15) is 24.1 Å². The number of carboxylic acid groups (broad SMARTS) is 1. The first kappa shape index (κ1) is 13.9. The van der Waals surface area contributed by atoms with E-state index < -0.39 is 5.97 Å². The Kier molecular flexibility index (Phi) is 4.79. The number of nitrogens with zero attached hydrogens (tertiary/aromatic N) is 1. The van der Waals surface area contributed by atoms with Gasteiger partial charge in [0, 0.05) is 5.69 Å². The van der Waals surface area contributed by atoms with Crippen molar-refractivity contribution in [3.63, 3.8) is 0 Å². The Morgan fingerprint density at radius 1 is 1.32 bits per heavy atom. The van der Waals surface area contributed by atoms with Crippen molar-refractivity contribution < 1.29 is 14.7 Å². The standard InChI is InChI=1S/C13H16N2O3S/c16-12(7-19-8-13(17)18)15-10-5-9-3-1-2-4-11(9)14-6-10/h5-6H,1-4,7-8H2,(H,15,16)(H,17,18). The molecule has 0 aliphatic heterocycles. The maximum Gasteiger partial charge on any atom is 0.313 e. The zero-order valence-electron chi connectivity index (χ0n) is 10.5. The molecule has 2 rings (SSSR count). The number of carboxylic acids is 1. The van der Waals surface area contributed by atoms with Crippen LogP contribution in [-0.2, 0) is 22.4 Å². The van der Waals surface area contributed by atoms with Crippen LogP contribution in [0, 0.1) is 0 Å². The average Bonchev–Trinajstić information content (AvgIpc) is 2.38. The molecule has 6 heteroatoms. The Bertz CT molecular complexity index is 491. The molecule has 0 saturated heterocycles. The fourth-order valence-corrected chi connectivity index (χ4v) is 2.62. The van der Waals surface area contributed by atoms with E-state index in [1.807, 2.05) is 6.07 Å². The molecule has 0 fully saturated rings. The second-order valence-electron chi connectivity index (χ2n) is 4.47. The summed E-state index contributed by atoms with van der Waals surface area (Å²) in [6, 6.07) is 1.97. The number of hydrogen-bond acceptors (Lipinski definition) is 4. The third-order valence-corrected chi connectivity index (χ3v) is 3.83. The van der Waals surface area contributed by atoms with E-state index in [9.17, 15) is 9.59 Å². The largest absolute Gasteiger partial charge is 0.481 e. The monoisotopic (exact) mass is 280 g/mol. The number of hydrogen-bond donors (Lipinski definition) is 2. The minimum absolute atomic E-state index is 0.0597. The van der Waals surface area contributed by atoms with Crippen LogP contribution < -0.4 is 5.32 Å². The summed E-state index contributed by atoms with van der Waals surface area (Å²) < 4.78 is 0. The summed E-state index contributed by atoms with van der Waals surface area (Å²) in [6.07, 6.45) is 6.04. The Hall–Kier alpha value is -1.56. The number of thioether (sulfide) groups is 1. The zero-order chi connectivity index (χ0) is 13.7. The van der Waals surface area contributed by atoms with Gasteiger partial charge in [0.15, 0.2) is 0 Å². The van der Waals surface area contributed by atoms with Crippen molar-refractivity contribution in [2.45, 2.75) is 25.7 Å². The quantitative estimate of drug-likeness (QED) is 0.858. The van der Waals surface area contributed by atoms with Gasteiger partial charge in [-0.15, -0.1) is 11.8 Å². The average molecular weight is 280 g/mol. The lowest BCUT2D eigenvalue weighted by molar-refractivity contribution is -0.133. The van der Waals surface area contributed by atoms with E-state index in [1.54, 1.807) is 6.20 Å². The highest BCUT2D eigenvalue weighted by Gasteiger charge is 2.12. The van der Waals surface area contributed by atoms with Crippen molar-refractivity contribution in [3.8, 4) is 0 Å². The molecule has 0 atom stereocenters. The maximum atomic E-state index is 11.6. The molecule has 0 saturated carbocycles. The van der Waals surface area contributed by atoms with E-state index in [-0.39, 0.29) is 17.4 Å². The number of fused-ring (bicyclic) bond motifs is 1. The van der Waals surface area contributed by atoms with Gasteiger partial charge < -0.3 is 10.4 Å². The van der Waals surface area contributed by atoms with Crippen LogP contribution in [0.3, 0.4) is 0 Å². The summed E-state index contributed by atoms with van der Waals surface area (Å²) in [5.74, 6) is -1.02. The fraction of sp³-hybridized carbons (Fsp3) is 0.462. The van der Waals surface area contributed by atoms with Crippen LogP contribution >= 0.6 is 11.8 Å². The molecule has 0 unspecified atom stereocenters. The summed E-state index contributed by atoms with van der Waals surface area (Å²) in [6.45, 7) is 0. The predicted molar refractivity (Wildman–Crippen MR) is 74.5 cm³/mol. The lowest BCUT2D eigenvalue weighted by Gasteiger charge is -2.15. The highest BCUT2D eigenvalue weighted by molar-refractivity contribution is 8.00. The number of nitrogens with one attached hydrogen (secondary N) is 1. The number of anilines is 1. The summed E-state index contributed by atoms with van der Waals surface area (Å²) in [7, 11) is 0. The summed E-state index contributed by atoms with van der Waals surface area (Å²) in [4.78, 5) is 26.3. The molecule has 1 aromatic rings. The Balaban J connectivity index is 1.88. The number of pyridine rings is 1. The van der Waals surface area contributed by atoms with Gasteiger partial charge >= 0.3 is 5.97 Å². The van der Waals surface area contributed by atoms with Gasteiger partial charge in [0.05, 0.1) is 23.4 Å². The Morgan fingerprint density at radius 3 is 2.89 bits per heavy atom. The molecule has 0 aromatic carbocycles. The number of carbonyl (C=O) groups is 2. The van der Waals surface area contributed by atoms with Crippen molar-refractivity contribution >= 4 is 29.3 Å². The highest BCUT2D eigenvalue weighted by atomic mass is 32.2. The topological polar surface area (TPSA) is 79.3 Å². The van der Waals surface area contributed by atoms with Gasteiger partial charge in [0.2, 0.25) is 5.91 Å². The van der Waals surface area contributed by atoms with Gasteiger partial charge in [-0.25, -0.2) is 0 Å². The van der Waals surface area contributed by atoms with Gasteiger partial charge in [0.1, 0.15) is 0 Å². The van der Waals surface area contributed by atoms with Crippen molar-refractivity contribution in [1.82, 2.24) is 4.98 Å². The molecule has 5 nitrogen and oxygen atoms in total. The third kappa shape index (κ3) is 4.24. The third-order valence-electron chi connectivity index (χ3n) is 2.91. The van der Waals surface area contributed by atoms with Gasteiger partial charge in [-0.1, -0.05) is 0 Å². The Morgan fingerprint density at radius 2 is 2.11 bits per heavy atom. The number of aliphatic carboxylic acids is 1. The molecule has 0 bridgehead atoms. The van der Waals surface area contributed by atoms with Crippen molar-refractivity contribution in [2.75, 3.05) is 16.8 Å². The molecule has 19 heavy (non-hydrogen) atoms. The molecule has 0 radical (unpaired) electrons. The van der Waals surface area contributed by atoms with Gasteiger partial charge in [-0.05, 0) is 37.3 Å². The molecule has 1 heterocycles. The van der Waals surface area contributed by atoms with Crippen LogP contribution in [0.15, 0.2) is 12.3 Å². The zero-order valence-corrected chi connectivity index (χ0v) is 11.3. The first-order valence-electron chi connectivity index (χ1n) is 6.22. The number of aryl methyl sites for hydroxylation is 2. The van der Waals surface area contributed by atoms with E-state index in [0.29, 0.717) is 5.69 Å². The molecule has 1 amide bonds. The second kappa shape index (κ2) is 6.56. The smallest absolute Gasteiger partial charge is 0.313 e. The van der Waals surface area contributed by atoms with E-state index >= 15 is 0 Å². The predicted octanol–water partition coefficient (Wildman–Crippen LogP) is 1.72. The van der Waals surface area contributed by atoms with Crippen molar-refractivity contribution in [3.05, 3.63) is 23.5 Å². The van der Waals surface area contributed by atoms with Crippen LogP contribution in [0.5, 0.6) is 0 Å². The molecule has 1 aliphatic rings. The van der Waals surface area contributed by atoms with E-state index in [2.05, 4.69) is 10.3 Å². The molecule has 1 aromatic heterocycles. The summed E-state index contributed by atoms with van der Waals surface area (Å²) >= 11 is 1.09. The van der Waals surface area contributed by atoms with Gasteiger partial charge in [-0.3, -0.25) is 14.6 Å². The highest BCUT2D eigenvalue weighted by Crippen LogP contribution is 2.22. The van der Waals surface area contributed by atoms with E-state index in [1.165, 1.54) is 18.4 Å². The van der Waals surface area contributed by atoms with Gasteiger partial charge in [0.25, 0.3) is 0 Å². The number of rotatable bonds is 5. The molecule has 102 valence electrons. The van der Waals surface area contributed by atoms with Crippen LogP contribution in [0.25, 0.3) is 0 Å². The number of aromatic nitrogens is 1. The summed E-state index contributed by atoms with van der Waals surface area (Å²) in [5, 5.41) is 11.2. The fourth-order valence-electron chi connectivity index (χ4n) is 2.08. The van der Waals surface area contributed by atoms with Crippen LogP contribution in [0.4, 0.5) is 5.69 Å². The molecular formula is C13H16N2O3S. The van der Waals surface area contributed by atoms with Crippen LogP contribution in [-0.4, -0.2) is 33.5 Å². The first-order chi connectivity index (χ1) is 9.15. The normalized spacial score (nSPS) is 13.7. The number of amides is 1. The lowest BCUT2D eigenvalue weighted by atomic mass is 9.96. The molecule has 2 N–H and O–H groups in total. The molecule has 1 aliphatic carbocycles. The van der Waals surface area contributed by atoms with E-state index in [4.69, 9.17) is 5.11 Å². The second-order valence-corrected chi connectivity index (χ2v) is 5.46. The SMILES string of the molecule is O=C(O)CSCC(=O)Nc1cnc2c(c1)CCCC2. The first-order valence-corrected chi connectivity index (χ1v) is 7.38. The lowest BCUT2D eigenvalue weighted by Crippen LogP contribution is -2.16. The van der Waals surface area contributed by atoms with Crippen LogP contribution in [0.2, 0.25) is 0 Å². The van der Waals surface area contributed by atoms with Gasteiger partial charge in [-0.2, -0.15) is 0 Å². The van der Waals surface area contributed by atoms with Crippen molar-refractivity contribution in [2.24, 2.45) is 0 Å². The molecular weight excluding hydrogens is 264 g/mol. The Labute approximate surface area is 115 Å². The summed E-state index contributed by atoms with van der Waals surface area (Å²) in [5.41, 5.74) is 3.04. The minimum Gasteiger partial charge on any atom is -0.481 e. The maximum absolute atomic E-state index is 11.6. The minimum atomic E-state index is -0.909.